The summed E-state index contributed by atoms with van der Waals surface area (Å²) in [7, 11) is 0. The molecule has 2 atom stereocenters. The fourth-order valence-electron chi connectivity index (χ4n) is 3.32. The van der Waals surface area contributed by atoms with Gasteiger partial charge in [0.1, 0.15) is 5.78 Å². The molecule has 0 aromatic rings. The highest BCUT2D eigenvalue weighted by Crippen LogP contribution is 2.55. The van der Waals surface area contributed by atoms with Crippen LogP contribution in [0.1, 0.15) is 33.6 Å². The fourth-order valence-corrected chi connectivity index (χ4v) is 3.32. The van der Waals surface area contributed by atoms with Crippen molar-refractivity contribution in [2.24, 2.45) is 16.7 Å². The highest BCUT2D eigenvalue weighted by atomic mass is 16.1. The Morgan fingerprint density at radius 1 is 1.46 bits per heavy atom. The van der Waals surface area contributed by atoms with Gasteiger partial charge in [0.25, 0.3) is 0 Å². The van der Waals surface area contributed by atoms with E-state index in [1.54, 1.807) is 0 Å². The van der Waals surface area contributed by atoms with Crippen LogP contribution in [0, 0.1) is 16.7 Å². The third-order valence-corrected chi connectivity index (χ3v) is 3.60. The monoisotopic (exact) mass is 181 g/mol. The molecule has 1 heterocycles. The lowest BCUT2D eigenvalue weighted by molar-refractivity contribution is -0.150. The van der Waals surface area contributed by atoms with Crippen molar-refractivity contribution in [3.63, 3.8) is 0 Å². The molecule has 0 bridgehead atoms. The minimum absolute atomic E-state index is 0.154. The molecule has 2 rings (SSSR count). The zero-order valence-corrected chi connectivity index (χ0v) is 8.81. The molecule has 2 nitrogen and oxygen atoms in total. The first-order chi connectivity index (χ1) is 5.96. The van der Waals surface area contributed by atoms with Crippen LogP contribution in [0.2, 0.25) is 0 Å². The van der Waals surface area contributed by atoms with Crippen molar-refractivity contribution in [2.45, 2.75) is 33.6 Å². The molecular formula is C11H19NO. The fraction of sp³-hybridized carbons (Fsp3) is 0.909. The van der Waals surface area contributed by atoms with Gasteiger partial charge in [0, 0.05) is 24.3 Å². The molecule has 1 spiro atoms. The second-order valence-corrected chi connectivity index (χ2v) is 5.73. The van der Waals surface area contributed by atoms with Crippen LogP contribution >= 0.6 is 0 Å². The van der Waals surface area contributed by atoms with E-state index in [1.807, 2.05) is 0 Å². The maximum absolute atomic E-state index is 11.6. The first-order valence-corrected chi connectivity index (χ1v) is 5.19. The molecule has 1 N–H and O–H groups in total. The average molecular weight is 181 g/mol. The molecule has 1 aliphatic carbocycles. The summed E-state index contributed by atoms with van der Waals surface area (Å²) in [4.78, 5) is 11.6. The molecule has 2 fully saturated rings. The largest absolute Gasteiger partial charge is 0.316 e. The van der Waals surface area contributed by atoms with Crippen LogP contribution < -0.4 is 5.32 Å². The minimum Gasteiger partial charge on any atom is -0.316 e. The van der Waals surface area contributed by atoms with E-state index < -0.39 is 0 Å². The highest BCUT2D eigenvalue weighted by Gasteiger charge is 2.58. The topological polar surface area (TPSA) is 29.1 Å². The standard InChI is InChI=1S/C11H19NO/c1-10(2,3)9-8(13)6-11(9)4-5-12-7-11/h9,12H,4-7H2,1-3H3. The summed E-state index contributed by atoms with van der Waals surface area (Å²) in [5.41, 5.74) is 0.483. The zero-order valence-electron chi connectivity index (χ0n) is 8.81. The lowest BCUT2D eigenvalue weighted by Gasteiger charge is -2.51. The van der Waals surface area contributed by atoms with Gasteiger partial charge in [-0.2, -0.15) is 0 Å². The van der Waals surface area contributed by atoms with Gasteiger partial charge in [0.15, 0.2) is 0 Å². The molecule has 2 unspecified atom stereocenters. The van der Waals surface area contributed by atoms with E-state index in [2.05, 4.69) is 26.1 Å². The maximum Gasteiger partial charge on any atom is 0.137 e. The second-order valence-electron chi connectivity index (χ2n) is 5.73. The van der Waals surface area contributed by atoms with E-state index in [-0.39, 0.29) is 5.41 Å². The van der Waals surface area contributed by atoms with Gasteiger partial charge in [0.05, 0.1) is 0 Å². The molecule has 0 aromatic heterocycles. The lowest BCUT2D eigenvalue weighted by atomic mass is 9.51. The van der Waals surface area contributed by atoms with Crippen molar-refractivity contribution in [3.8, 4) is 0 Å². The quantitative estimate of drug-likeness (QED) is 0.615. The molecule has 2 heteroatoms. The van der Waals surface area contributed by atoms with Crippen LogP contribution in [-0.4, -0.2) is 18.9 Å². The van der Waals surface area contributed by atoms with Gasteiger partial charge in [0.2, 0.25) is 0 Å². The smallest absolute Gasteiger partial charge is 0.137 e. The molecule has 1 saturated heterocycles. The summed E-state index contributed by atoms with van der Waals surface area (Å²) in [5, 5.41) is 3.39. The van der Waals surface area contributed by atoms with E-state index in [4.69, 9.17) is 0 Å². The summed E-state index contributed by atoms with van der Waals surface area (Å²) < 4.78 is 0. The van der Waals surface area contributed by atoms with Crippen LogP contribution in [0.3, 0.4) is 0 Å². The number of carbonyl (C=O) groups excluding carboxylic acids is 1. The predicted octanol–water partition coefficient (Wildman–Crippen LogP) is 1.60. The Bertz CT molecular complexity index is 233. The molecule has 0 radical (unpaired) electrons. The third kappa shape index (κ3) is 1.23. The van der Waals surface area contributed by atoms with Crippen molar-refractivity contribution in [1.82, 2.24) is 5.32 Å². The number of Topliss-reactive ketones (excluding diaryl/α,β-unsaturated/α-hetero) is 1. The van der Waals surface area contributed by atoms with Crippen LogP contribution in [0.4, 0.5) is 0 Å². The molecule has 0 amide bonds. The van der Waals surface area contributed by atoms with E-state index >= 15 is 0 Å². The molecule has 2 aliphatic rings. The van der Waals surface area contributed by atoms with Crippen molar-refractivity contribution in [3.05, 3.63) is 0 Å². The van der Waals surface area contributed by atoms with Crippen molar-refractivity contribution in [2.75, 3.05) is 13.1 Å². The molecule has 1 saturated carbocycles. The molecule has 0 aromatic carbocycles. The van der Waals surface area contributed by atoms with E-state index in [9.17, 15) is 4.79 Å². The number of rotatable bonds is 0. The van der Waals surface area contributed by atoms with E-state index in [1.165, 1.54) is 6.42 Å². The normalized spacial score (nSPS) is 39.6. The van der Waals surface area contributed by atoms with Gasteiger partial charge < -0.3 is 5.32 Å². The zero-order chi connectivity index (χ0) is 9.69. The SMILES string of the molecule is CC(C)(C)C1C(=O)CC12CCNC2. The van der Waals surface area contributed by atoms with Gasteiger partial charge in [-0.15, -0.1) is 0 Å². The van der Waals surface area contributed by atoms with Crippen LogP contribution in [0.25, 0.3) is 0 Å². The van der Waals surface area contributed by atoms with E-state index in [0.29, 0.717) is 17.1 Å². The molecular weight excluding hydrogens is 162 g/mol. The summed E-state index contributed by atoms with van der Waals surface area (Å²) >= 11 is 0. The van der Waals surface area contributed by atoms with Gasteiger partial charge in [-0.05, 0) is 18.4 Å². The second kappa shape index (κ2) is 2.57. The van der Waals surface area contributed by atoms with Gasteiger partial charge >= 0.3 is 0 Å². The average Bonchev–Trinajstić information content (AvgIpc) is 2.32. The Hall–Kier alpha value is -0.370. The predicted molar refractivity (Wildman–Crippen MR) is 52.5 cm³/mol. The Morgan fingerprint density at radius 3 is 2.54 bits per heavy atom. The number of carbonyl (C=O) groups is 1. The number of nitrogens with one attached hydrogen (secondary N) is 1. The molecule has 13 heavy (non-hydrogen) atoms. The summed E-state index contributed by atoms with van der Waals surface area (Å²) in [6.45, 7) is 8.72. The number of hydrogen-bond donors (Lipinski definition) is 1. The summed E-state index contributed by atoms with van der Waals surface area (Å²) in [5.74, 6) is 0.784. The number of ketones is 1. The van der Waals surface area contributed by atoms with Gasteiger partial charge in [-0.25, -0.2) is 0 Å². The van der Waals surface area contributed by atoms with Crippen molar-refractivity contribution < 1.29 is 4.79 Å². The van der Waals surface area contributed by atoms with Gasteiger partial charge in [-0.3, -0.25) is 4.79 Å². The Balaban J connectivity index is 2.20. The molecule has 1 aliphatic heterocycles. The van der Waals surface area contributed by atoms with Gasteiger partial charge in [-0.1, -0.05) is 20.8 Å². The first kappa shape index (κ1) is 9.20. The molecule has 74 valence electrons. The van der Waals surface area contributed by atoms with Crippen LogP contribution in [0.5, 0.6) is 0 Å². The third-order valence-electron chi connectivity index (χ3n) is 3.60. The Kier molecular flexibility index (Phi) is 1.82. The van der Waals surface area contributed by atoms with E-state index in [0.717, 1.165) is 19.5 Å². The van der Waals surface area contributed by atoms with Crippen LogP contribution in [-0.2, 0) is 4.79 Å². The minimum atomic E-state index is 0.154. The Labute approximate surface area is 80.1 Å². The lowest BCUT2D eigenvalue weighted by Crippen LogP contribution is -2.55. The highest BCUT2D eigenvalue weighted by molar-refractivity contribution is 5.90. The van der Waals surface area contributed by atoms with Crippen molar-refractivity contribution >= 4 is 5.78 Å². The van der Waals surface area contributed by atoms with Crippen molar-refractivity contribution in [1.29, 1.82) is 0 Å². The van der Waals surface area contributed by atoms with Crippen LogP contribution in [0.15, 0.2) is 0 Å². The number of hydrogen-bond acceptors (Lipinski definition) is 2. The summed E-state index contributed by atoms with van der Waals surface area (Å²) in [6, 6.07) is 0. The maximum atomic E-state index is 11.6. The Morgan fingerprint density at radius 2 is 2.15 bits per heavy atom. The summed E-state index contributed by atoms with van der Waals surface area (Å²) in [6.07, 6.45) is 2.02. The first-order valence-electron chi connectivity index (χ1n) is 5.19.